The number of hydrogen-bond acceptors (Lipinski definition) is 3. The molecule has 2 fully saturated rings. The third kappa shape index (κ3) is 5.19. The number of carbonyl (C=O) groups is 1. The second-order valence-electron chi connectivity index (χ2n) is 7.42. The molecule has 0 unspecified atom stereocenters. The molecule has 25 heavy (non-hydrogen) atoms. The van der Waals surface area contributed by atoms with E-state index in [-0.39, 0.29) is 24.2 Å². The highest BCUT2D eigenvalue weighted by molar-refractivity contribution is 5.74. The van der Waals surface area contributed by atoms with E-state index in [1.807, 2.05) is 0 Å². The van der Waals surface area contributed by atoms with Crippen LogP contribution in [0.5, 0.6) is 0 Å². The molecule has 5 heteroatoms. The van der Waals surface area contributed by atoms with Gasteiger partial charge in [-0.1, -0.05) is 30.3 Å². The van der Waals surface area contributed by atoms with Gasteiger partial charge in [-0.05, 0) is 45.1 Å². The molecule has 0 saturated carbocycles. The zero-order valence-electron chi connectivity index (χ0n) is 15.4. The minimum atomic E-state index is -0.0198. The zero-order chi connectivity index (χ0) is 17.6. The molecule has 1 aromatic rings. The van der Waals surface area contributed by atoms with Crippen LogP contribution in [0.1, 0.15) is 51.1 Å². The minimum Gasteiger partial charge on any atom is -0.378 e. The summed E-state index contributed by atoms with van der Waals surface area (Å²) >= 11 is 0. The van der Waals surface area contributed by atoms with Gasteiger partial charge in [0.15, 0.2) is 0 Å². The Bertz CT molecular complexity index is 543. The van der Waals surface area contributed by atoms with Crippen molar-refractivity contribution in [2.45, 2.75) is 63.8 Å². The van der Waals surface area contributed by atoms with Crippen LogP contribution in [-0.2, 0) is 4.74 Å². The summed E-state index contributed by atoms with van der Waals surface area (Å²) in [5, 5.41) is 6.28. The molecule has 0 radical (unpaired) electrons. The lowest BCUT2D eigenvalue weighted by atomic mass is 10.0. The van der Waals surface area contributed by atoms with Crippen LogP contribution in [0.25, 0.3) is 0 Å². The van der Waals surface area contributed by atoms with E-state index in [1.165, 1.54) is 5.56 Å². The van der Waals surface area contributed by atoms with Crippen molar-refractivity contribution in [2.75, 3.05) is 19.7 Å². The molecule has 0 aromatic heterocycles. The first-order chi connectivity index (χ1) is 12.1. The molecular formula is C20H31N3O2. The summed E-state index contributed by atoms with van der Waals surface area (Å²) in [6.07, 6.45) is 4.07. The van der Waals surface area contributed by atoms with Crippen molar-refractivity contribution >= 4 is 6.03 Å². The lowest BCUT2D eigenvalue weighted by Crippen LogP contribution is -2.51. The largest absolute Gasteiger partial charge is 0.378 e. The maximum Gasteiger partial charge on any atom is 0.315 e. The minimum absolute atomic E-state index is 0.0198. The molecule has 1 aromatic carbocycles. The topological polar surface area (TPSA) is 53.6 Å². The highest BCUT2D eigenvalue weighted by atomic mass is 16.5. The van der Waals surface area contributed by atoms with Gasteiger partial charge in [-0.15, -0.1) is 0 Å². The van der Waals surface area contributed by atoms with Crippen LogP contribution in [-0.4, -0.2) is 48.8 Å². The molecule has 3 atom stereocenters. The predicted octanol–water partition coefficient (Wildman–Crippen LogP) is 3.08. The van der Waals surface area contributed by atoms with Gasteiger partial charge in [0.1, 0.15) is 0 Å². The number of hydrogen-bond donors (Lipinski definition) is 2. The van der Waals surface area contributed by atoms with Crippen molar-refractivity contribution in [1.29, 1.82) is 0 Å². The van der Waals surface area contributed by atoms with Crippen molar-refractivity contribution in [2.24, 2.45) is 0 Å². The van der Waals surface area contributed by atoms with Gasteiger partial charge in [0.2, 0.25) is 0 Å². The quantitative estimate of drug-likeness (QED) is 0.882. The lowest BCUT2D eigenvalue weighted by molar-refractivity contribution is 0.0153. The van der Waals surface area contributed by atoms with Crippen LogP contribution in [0.2, 0.25) is 0 Å². The van der Waals surface area contributed by atoms with Crippen molar-refractivity contribution in [3.8, 4) is 0 Å². The third-order valence-electron chi connectivity index (χ3n) is 5.51. The molecule has 2 aliphatic heterocycles. The normalized spacial score (nSPS) is 26.8. The van der Waals surface area contributed by atoms with E-state index in [2.05, 4.69) is 59.7 Å². The SMILES string of the molecule is C[C@@H]1C[C@H](NC(=O)NC2CCN([C@@H](C)c3ccccc3)CC2)CCO1. The molecule has 2 aliphatic rings. The number of nitrogens with one attached hydrogen (secondary N) is 2. The molecule has 0 aliphatic carbocycles. The number of urea groups is 1. The van der Waals surface area contributed by atoms with Gasteiger partial charge < -0.3 is 15.4 Å². The summed E-state index contributed by atoms with van der Waals surface area (Å²) < 4.78 is 5.53. The Hall–Kier alpha value is -1.59. The fraction of sp³-hybridized carbons (Fsp3) is 0.650. The summed E-state index contributed by atoms with van der Waals surface area (Å²) in [6.45, 7) is 7.12. The number of benzene rings is 1. The molecule has 2 heterocycles. The second kappa shape index (κ2) is 8.68. The standard InChI is InChI=1S/C20H31N3O2/c1-15-14-19(10-13-25-15)22-20(24)21-18-8-11-23(12-9-18)16(2)17-6-4-3-5-7-17/h3-7,15-16,18-19H,8-14H2,1-2H3,(H2,21,22,24)/t15-,16+,19-/m1/s1. The van der Waals surface area contributed by atoms with E-state index >= 15 is 0 Å². The average Bonchev–Trinajstić information content (AvgIpc) is 2.62. The molecule has 138 valence electrons. The maximum absolute atomic E-state index is 12.2. The van der Waals surface area contributed by atoms with E-state index in [0.29, 0.717) is 6.04 Å². The lowest BCUT2D eigenvalue weighted by Gasteiger charge is -2.37. The maximum atomic E-state index is 12.2. The monoisotopic (exact) mass is 345 g/mol. The predicted molar refractivity (Wildman–Crippen MR) is 99.6 cm³/mol. The Labute approximate surface area is 151 Å². The summed E-state index contributed by atoms with van der Waals surface area (Å²) in [7, 11) is 0. The van der Waals surface area contributed by atoms with Gasteiger partial charge in [0, 0.05) is 37.8 Å². The van der Waals surface area contributed by atoms with E-state index in [4.69, 9.17) is 4.74 Å². The molecule has 0 bridgehead atoms. The summed E-state index contributed by atoms with van der Waals surface area (Å²) in [5.41, 5.74) is 1.36. The number of likely N-dealkylation sites (tertiary alicyclic amines) is 1. The van der Waals surface area contributed by atoms with Crippen LogP contribution in [0, 0.1) is 0 Å². The van der Waals surface area contributed by atoms with Crippen LogP contribution in [0.4, 0.5) is 4.79 Å². The zero-order valence-corrected chi connectivity index (χ0v) is 15.4. The van der Waals surface area contributed by atoms with Gasteiger partial charge in [0.05, 0.1) is 6.10 Å². The van der Waals surface area contributed by atoms with Gasteiger partial charge in [-0.2, -0.15) is 0 Å². The third-order valence-corrected chi connectivity index (χ3v) is 5.51. The molecule has 2 amide bonds. The highest BCUT2D eigenvalue weighted by Crippen LogP contribution is 2.24. The van der Waals surface area contributed by atoms with E-state index in [9.17, 15) is 4.79 Å². The van der Waals surface area contributed by atoms with Gasteiger partial charge in [-0.25, -0.2) is 4.79 Å². The van der Waals surface area contributed by atoms with Crippen molar-refractivity contribution in [1.82, 2.24) is 15.5 Å². The molecule has 5 nitrogen and oxygen atoms in total. The molecule has 2 N–H and O–H groups in total. The fourth-order valence-electron chi connectivity index (χ4n) is 3.92. The number of piperidine rings is 1. The van der Waals surface area contributed by atoms with E-state index in [1.54, 1.807) is 0 Å². The van der Waals surface area contributed by atoms with Crippen LogP contribution in [0.15, 0.2) is 30.3 Å². The van der Waals surface area contributed by atoms with Gasteiger partial charge in [-0.3, -0.25) is 4.90 Å². The average molecular weight is 345 g/mol. The Morgan fingerprint density at radius 1 is 1.12 bits per heavy atom. The molecule has 0 spiro atoms. The van der Waals surface area contributed by atoms with Crippen LogP contribution in [0.3, 0.4) is 0 Å². The van der Waals surface area contributed by atoms with Crippen molar-refractivity contribution in [3.05, 3.63) is 35.9 Å². The van der Waals surface area contributed by atoms with Gasteiger partial charge in [0.25, 0.3) is 0 Å². The fourth-order valence-corrected chi connectivity index (χ4v) is 3.92. The second-order valence-corrected chi connectivity index (χ2v) is 7.42. The van der Waals surface area contributed by atoms with Crippen LogP contribution >= 0.6 is 0 Å². The summed E-state index contributed by atoms with van der Waals surface area (Å²) in [5.74, 6) is 0. The van der Waals surface area contributed by atoms with E-state index in [0.717, 1.165) is 45.4 Å². The first-order valence-corrected chi connectivity index (χ1v) is 9.59. The number of ether oxygens (including phenoxy) is 1. The molecule has 3 rings (SSSR count). The molecular weight excluding hydrogens is 314 g/mol. The summed E-state index contributed by atoms with van der Waals surface area (Å²) in [6, 6.07) is 11.6. The Kier molecular flexibility index (Phi) is 6.32. The molecule has 2 saturated heterocycles. The van der Waals surface area contributed by atoms with Crippen molar-refractivity contribution < 1.29 is 9.53 Å². The number of rotatable bonds is 4. The first-order valence-electron chi connectivity index (χ1n) is 9.59. The van der Waals surface area contributed by atoms with Crippen molar-refractivity contribution in [3.63, 3.8) is 0 Å². The van der Waals surface area contributed by atoms with Crippen LogP contribution < -0.4 is 10.6 Å². The van der Waals surface area contributed by atoms with E-state index < -0.39 is 0 Å². The smallest absolute Gasteiger partial charge is 0.315 e. The number of carbonyl (C=O) groups excluding carboxylic acids is 1. The van der Waals surface area contributed by atoms with Gasteiger partial charge >= 0.3 is 6.03 Å². The summed E-state index contributed by atoms with van der Waals surface area (Å²) in [4.78, 5) is 14.8. The Morgan fingerprint density at radius 2 is 1.80 bits per heavy atom. The number of nitrogens with zero attached hydrogens (tertiary/aromatic N) is 1. The Morgan fingerprint density at radius 3 is 2.48 bits per heavy atom. The first kappa shape index (κ1) is 18.2. The number of amides is 2. The highest BCUT2D eigenvalue weighted by Gasteiger charge is 2.26. The Balaban J connectivity index is 1.41.